The molecule has 0 aliphatic carbocycles. The number of hydrogen-bond donors (Lipinski definition) is 2. The van der Waals surface area contributed by atoms with Crippen molar-refractivity contribution in [1.29, 1.82) is 0 Å². The van der Waals surface area contributed by atoms with Crippen LogP contribution in [0.5, 0.6) is 11.6 Å². The van der Waals surface area contributed by atoms with E-state index in [1.165, 1.54) is 0 Å². The van der Waals surface area contributed by atoms with Crippen molar-refractivity contribution in [2.45, 2.75) is 12.6 Å². The maximum atomic E-state index is 11.8. The second-order valence-corrected chi connectivity index (χ2v) is 5.01. The van der Waals surface area contributed by atoms with Gasteiger partial charge in [-0.25, -0.2) is 9.36 Å². The van der Waals surface area contributed by atoms with Crippen LogP contribution in [-0.2, 0) is 4.57 Å². The van der Waals surface area contributed by atoms with E-state index in [0.29, 0.717) is 4.57 Å². The van der Waals surface area contributed by atoms with E-state index >= 15 is 0 Å². The minimum Gasteiger partial charge on any atom is -0.396 e. The van der Waals surface area contributed by atoms with Gasteiger partial charge in [-0.05, 0) is 0 Å². The first-order valence-electron chi connectivity index (χ1n) is 4.86. The number of phosphoric acid groups is 1. The van der Waals surface area contributed by atoms with Gasteiger partial charge in [0.25, 0.3) is 11.6 Å². The fraction of sp³-hybridized carbons (Fsp3) is 0.429. The van der Waals surface area contributed by atoms with Gasteiger partial charge in [-0.15, -0.1) is 0 Å². The summed E-state index contributed by atoms with van der Waals surface area (Å²) >= 11 is 0. The van der Waals surface area contributed by atoms with Gasteiger partial charge in [0.2, 0.25) is 0 Å². The highest BCUT2D eigenvalue weighted by Crippen LogP contribution is 2.57. The Labute approximate surface area is 98.1 Å². The maximum Gasteiger partial charge on any atom is 0.668 e. The van der Waals surface area contributed by atoms with Crippen LogP contribution in [0.3, 0.4) is 0 Å². The predicted octanol–water partition coefficient (Wildman–Crippen LogP) is -1.80. The number of aliphatic hydroxyl groups excluding tert-OH is 2. The van der Waals surface area contributed by atoms with Gasteiger partial charge >= 0.3 is 19.1 Å². The van der Waals surface area contributed by atoms with Gasteiger partial charge < -0.3 is 19.3 Å². The van der Waals surface area contributed by atoms with E-state index in [-0.39, 0.29) is 11.2 Å². The van der Waals surface area contributed by atoms with Crippen molar-refractivity contribution in [2.75, 3.05) is 6.61 Å². The van der Waals surface area contributed by atoms with Crippen LogP contribution in [0.2, 0.25) is 0 Å². The molecule has 1 aromatic rings. The van der Waals surface area contributed by atoms with Crippen LogP contribution < -0.4 is 24.9 Å². The Kier molecular flexibility index (Phi) is 2.12. The van der Waals surface area contributed by atoms with E-state index in [0.717, 1.165) is 0 Å². The van der Waals surface area contributed by atoms with Crippen molar-refractivity contribution < 1.29 is 28.5 Å². The van der Waals surface area contributed by atoms with Crippen LogP contribution in [0.25, 0.3) is 0 Å². The summed E-state index contributed by atoms with van der Waals surface area (Å²) in [7, 11) is -4.05. The van der Waals surface area contributed by atoms with E-state index in [4.69, 9.17) is 9.63 Å². The summed E-state index contributed by atoms with van der Waals surface area (Å²) < 4.78 is 26.5. The maximum absolute atomic E-state index is 11.8. The largest absolute Gasteiger partial charge is 0.668 e. The third-order valence-corrected chi connectivity index (χ3v) is 3.61. The van der Waals surface area contributed by atoms with Crippen molar-refractivity contribution >= 4 is 7.82 Å². The highest BCUT2D eigenvalue weighted by Gasteiger charge is 2.52. The average Bonchev–Trinajstić information content (AvgIpc) is 2.53. The Morgan fingerprint density at radius 3 is 2.72 bits per heavy atom. The van der Waals surface area contributed by atoms with Gasteiger partial charge in [-0.2, -0.15) is 4.57 Å². The van der Waals surface area contributed by atoms with Crippen molar-refractivity contribution in [1.82, 2.24) is 9.30 Å². The SMILES string of the molecule is O=c1c2c3n(C(O)CCO)c(=O)n1OP(=O)(O2)O3. The van der Waals surface area contributed by atoms with Gasteiger partial charge in [-0.3, -0.25) is 9.42 Å². The molecular weight excluding hydrogens is 271 g/mol. The van der Waals surface area contributed by atoms with E-state index in [1.54, 1.807) is 0 Å². The van der Waals surface area contributed by atoms with Crippen molar-refractivity contribution in [3.8, 4) is 11.6 Å². The molecule has 10 nitrogen and oxygen atoms in total. The molecule has 2 unspecified atom stereocenters. The normalized spacial score (nSPS) is 24.3. The Hall–Kier alpha value is -1.77. The number of aliphatic hydroxyl groups is 2. The van der Waals surface area contributed by atoms with Crippen molar-refractivity contribution in [3.05, 3.63) is 20.8 Å². The van der Waals surface area contributed by atoms with Crippen LogP contribution in [0, 0.1) is 0 Å². The van der Waals surface area contributed by atoms with Gasteiger partial charge in [0.1, 0.15) is 6.23 Å². The molecular formula is C7H7N2O8P. The molecule has 2 N–H and O–H groups in total. The standard InChI is InChI=1S/C7H7N2O8P/c10-2-1-3(11)8-6-4-5(12)9(7(8)13)17-18(14,15-4)16-6/h3,10-11H,1-2H2. The zero-order chi connectivity index (χ0) is 13.1. The Bertz CT molecular complexity index is 690. The lowest BCUT2D eigenvalue weighted by molar-refractivity contribution is 0.0600. The number of rotatable bonds is 3. The molecule has 11 heteroatoms. The quantitative estimate of drug-likeness (QED) is 0.620. The Morgan fingerprint density at radius 2 is 2.06 bits per heavy atom. The second kappa shape index (κ2) is 3.37. The summed E-state index contributed by atoms with van der Waals surface area (Å²) in [4.78, 5) is 23.4. The van der Waals surface area contributed by atoms with Crippen LogP contribution in [0.4, 0.5) is 0 Å². The zero-order valence-electron chi connectivity index (χ0n) is 8.68. The summed E-state index contributed by atoms with van der Waals surface area (Å²) in [6.45, 7) is -0.402. The Morgan fingerprint density at radius 1 is 1.33 bits per heavy atom. The summed E-state index contributed by atoms with van der Waals surface area (Å²) in [5.41, 5.74) is -2.01. The third kappa shape index (κ3) is 1.27. The number of aromatic nitrogens is 2. The second-order valence-electron chi connectivity index (χ2n) is 3.59. The molecule has 98 valence electrons. The van der Waals surface area contributed by atoms with Gasteiger partial charge in [0.15, 0.2) is 0 Å². The summed E-state index contributed by atoms with van der Waals surface area (Å²) in [6, 6.07) is 0. The molecule has 0 aromatic carbocycles. The first-order chi connectivity index (χ1) is 8.47. The number of nitrogens with zero attached hydrogens (tertiary/aromatic N) is 2. The highest BCUT2D eigenvalue weighted by molar-refractivity contribution is 7.50. The first kappa shape index (κ1) is 11.3. The highest BCUT2D eigenvalue weighted by atomic mass is 31.2. The van der Waals surface area contributed by atoms with Gasteiger partial charge in [-0.1, -0.05) is 4.73 Å². The fourth-order valence-corrected chi connectivity index (χ4v) is 2.89. The lowest BCUT2D eigenvalue weighted by atomic mass is 10.4. The summed E-state index contributed by atoms with van der Waals surface area (Å²) in [5.74, 6) is -0.913. The molecule has 3 heterocycles. The van der Waals surface area contributed by atoms with Gasteiger partial charge in [0.05, 0.1) is 0 Å². The molecule has 18 heavy (non-hydrogen) atoms. The van der Waals surface area contributed by atoms with E-state index in [9.17, 15) is 19.3 Å². The molecule has 0 radical (unpaired) electrons. The monoisotopic (exact) mass is 278 g/mol. The van der Waals surface area contributed by atoms with Crippen molar-refractivity contribution in [3.63, 3.8) is 0 Å². The third-order valence-electron chi connectivity index (χ3n) is 2.44. The first-order valence-corrected chi connectivity index (χ1v) is 6.33. The average molecular weight is 278 g/mol. The predicted molar refractivity (Wildman–Crippen MR) is 53.4 cm³/mol. The minimum atomic E-state index is -4.05. The lowest BCUT2D eigenvalue weighted by Crippen LogP contribution is -2.44. The molecule has 0 amide bonds. The Balaban J connectivity index is 2.30. The molecule has 2 atom stereocenters. The number of phosphoric ester groups is 1. The van der Waals surface area contributed by atoms with Gasteiger partial charge in [0, 0.05) is 13.0 Å². The molecule has 3 bridgehead atoms. The minimum absolute atomic E-state index is 0.182. The zero-order valence-corrected chi connectivity index (χ0v) is 9.57. The molecule has 2 aliphatic rings. The van der Waals surface area contributed by atoms with E-state index < -0.39 is 43.5 Å². The van der Waals surface area contributed by atoms with Crippen LogP contribution in [0.1, 0.15) is 12.6 Å². The summed E-state index contributed by atoms with van der Waals surface area (Å²) in [6.07, 6.45) is -1.64. The van der Waals surface area contributed by atoms with Crippen LogP contribution >= 0.6 is 7.82 Å². The van der Waals surface area contributed by atoms with Crippen LogP contribution in [0.15, 0.2) is 9.59 Å². The van der Waals surface area contributed by atoms with E-state index in [1.807, 2.05) is 0 Å². The van der Waals surface area contributed by atoms with Crippen LogP contribution in [-0.4, -0.2) is 26.1 Å². The molecule has 0 spiro atoms. The van der Waals surface area contributed by atoms with E-state index in [2.05, 4.69) is 9.15 Å². The fourth-order valence-electron chi connectivity index (χ4n) is 1.68. The molecule has 0 saturated carbocycles. The topological polar surface area (TPSA) is 129 Å². The van der Waals surface area contributed by atoms with Crippen molar-refractivity contribution in [2.24, 2.45) is 0 Å². The smallest absolute Gasteiger partial charge is 0.396 e. The lowest BCUT2D eigenvalue weighted by Gasteiger charge is -2.15. The number of hydrogen-bond acceptors (Lipinski definition) is 8. The molecule has 2 aliphatic heterocycles. The molecule has 1 aromatic heterocycles. The molecule has 0 saturated heterocycles. The number of fused-ring (bicyclic) bond motifs is 2. The molecule has 3 rings (SSSR count). The molecule has 0 fully saturated rings. The summed E-state index contributed by atoms with van der Waals surface area (Å²) in [5, 5.41) is 18.4.